The van der Waals surface area contributed by atoms with Crippen molar-refractivity contribution in [3.63, 3.8) is 0 Å². The number of anilines is 2. The Hall–Kier alpha value is -3.81. The summed E-state index contributed by atoms with van der Waals surface area (Å²) in [5.74, 6) is -0.719. The summed E-state index contributed by atoms with van der Waals surface area (Å²) in [4.78, 5) is 36.3. The van der Waals surface area contributed by atoms with Crippen molar-refractivity contribution in [1.82, 2.24) is 10.6 Å². The molecule has 0 atom stereocenters. The predicted molar refractivity (Wildman–Crippen MR) is 110 cm³/mol. The summed E-state index contributed by atoms with van der Waals surface area (Å²) in [5, 5.41) is 11.2. The van der Waals surface area contributed by atoms with E-state index in [0.29, 0.717) is 28.2 Å². The van der Waals surface area contributed by atoms with Gasteiger partial charge in [0.15, 0.2) is 0 Å². The van der Waals surface area contributed by atoms with Gasteiger partial charge in [-0.25, -0.2) is 9.59 Å². The molecule has 2 aromatic carbocycles. The first-order valence-electron chi connectivity index (χ1n) is 9.21. The van der Waals surface area contributed by atoms with Crippen LogP contribution in [0.25, 0.3) is 0 Å². The van der Waals surface area contributed by atoms with Crippen LogP contribution in [0.3, 0.4) is 0 Å². The Bertz CT molecular complexity index is 941. The van der Waals surface area contributed by atoms with E-state index in [4.69, 9.17) is 4.74 Å². The van der Waals surface area contributed by atoms with Gasteiger partial charge in [-0.05, 0) is 31.2 Å². The molecular weight excluding hydrogens is 372 g/mol. The van der Waals surface area contributed by atoms with Gasteiger partial charge in [0.1, 0.15) is 0 Å². The van der Waals surface area contributed by atoms with Gasteiger partial charge in [0.05, 0.1) is 42.3 Å². The minimum absolute atomic E-state index is 0.0913. The molecule has 0 saturated heterocycles. The number of urea groups is 1. The summed E-state index contributed by atoms with van der Waals surface area (Å²) in [6.45, 7) is 2.23. The van der Waals surface area contributed by atoms with Crippen LogP contribution in [0.5, 0.6) is 0 Å². The molecule has 1 aliphatic heterocycles. The molecule has 0 aliphatic carbocycles. The van der Waals surface area contributed by atoms with Gasteiger partial charge in [-0.3, -0.25) is 4.79 Å². The van der Waals surface area contributed by atoms with Crippen molar-refractivity contribution in [2.75, 3.05) is 30.3 Å². The smallest absolute Gasteiger partial charge is 0.337 e. The first-order chi connectivity index (χ1) is 14.1. The zero-order valence-electron chi connectivity index (χ0n) is 16.0. The maximum absolute atomic E-state index is 12.5. The third-order valence-corrected chi connectivity index (χ3v) is 4.24. The highest BCUT2D eigenvalue weighted by Crippen LogP contribution is 2.22. The van der Waals surface area contributed by atoms with E-state index >= 15 is 0 Å². The fourth-order valence-electron chi connectivity index (χ4n) is 2.81. The summed E-state index contributed by atoms with van der Waals surface area (Å²) in [6.07, 6.45) is 0. The lowest BCUT2D eigenvalue weighted by Gasteiger charge is -2.22. The second-order valence-corrected chi connectivity index (χ2v) is 6.20. The van der Waals surface area contributed by atoms with Gasteiger partial charge >= 0.3 is 12.0 Å². The summed E-state index contributed by atoms with van der Waals surface area (Å²) >= 11 is 0. The third-order valence-electron chi connectivity index (χ3n) is 4.24. The highest BCUT2D eigenvalue weighted by molar-refractivity contribution is 6.05. The van der Waals surface area contributed by atoms with Gasteiger partial charge < -0.3 is 26.0 Å². The van der Waals surface area contributed by atoms with E-state index in [9.17, 15) is 14.4 Å². The number of hydrogen-bond donors (Lipinski definition) is 4. The lowest BCUT2D eigenvalue weighted by atomic mass is 10.1. The van der Waals surface area contributed by atoms with Crippen LogP contribution in [0.4, 0.5) is 16.2 Å². The van der Waals surface area contributed by atoms with Crippen LogP contribution in [0.2, 0.25) is 0 Å². The van der Waals surface area contributed by atoms with Gasteiger partial charge in [-0.2, -0.15) is 0 Å². The van der Waals surface area contributed by atoms with E-state index in [1.165, 1.54) is 0 Å². The van der Waals surface area contributed by atoms with E-state index in [-0.39, 0.29) is 31.6 Å². The van der Waals surface area contributed by atoms with Crippen LogP contribution in [0.15, 0.2) is 65.9 Å². The lowest BCUT2D eigenvalue weighted by molar-refractivity contribution is -0.138. The third kappa shape index (κ3) is 5.13. The van der Waals surface area contributed by atoms with Crippen LogP contribution >= 0.6 is 0 Å². The van der Waals surface area contributed by atoms with E-state index in [0.717, 1.165) is 0 Å². The number of para-hydroxylation sites is 2. The number of hydrogen-bond acceptors (Lipinski definition) is 5. The number of rotatable bonds is 7. The monoisotopic (exact) mass is 394 g/mol. The number of carbonyl (C=O) groups excluding carboxylic acids is 3. The Morgan fingerprint density at radius 2 is 1.72 bits per heavy atom. The molecule has 0 spiro atoms. The highest BCUT2D eigenvalue weighted by Gasteiger charge is 2.23. The average Bonchev–Trinajstić information content (AvgIpc) is 2.74. The molecule has 1 heterocycles. The second kappa shape index (κ2) is 9.41. The van der Waals surface area contributed by atoms with Crippen LogP contribution in [-0.2, 0) is 9.53 Å². The molecule has 3 amide bonds. The molecule has 2 aromatic rings. The number of amides is 3. The van der Waals surface area contributed by atoms with E-state index in [2.05, 4.69) is 21.3 Å². The quantitative estimate of drug-likeness (QED) is 0.540. The highest BCUT2D eigenvalue weighted by atomic mass is 16.5. The zero-order chi connectivity index (χ0) is 20.6. The fraction of sp³-hybridized carbons (Fsp3) is 0.190. The van der Waals surface area contributed by atoms with E-state index in [1.54, 1.807) is 49.4 Å². The summed E-state index contributed by atoms with van der Waals surface area (Å²) in [6, 6.07) is 15.7. The topological polar surface area (TPSA) is 109 Å². The van der Waals surface area contributed by atoms with Gasteiger partial charge in [0.2, 0.25) is 0 Å². The first kappa shape index (κ1) is 19.9. The maximum atomic E-state index is 12.5. The van der Waals surface area contributed by atoms with Crippen LogP contribution in [-0.4, -0.2) is 37.6 Å². The first-order valence-corrected chi connectivity index (χ1v) is 9.21. The molecule has 0 saturated carbocycles. The van der Waals surface area contributed by atoms with Gasteiger partial charge in [-0.1, -0.05) is 30.3 Å². The fourth-order valence-corrected chi connectivity index (χ4v) is 2.81. The summed E-state index contributed by atoms with van der Waals surface area (Å²) in [5.41, 5.74) is 2.56. The number of nitrogens with one attached hydrogen (secondary N) is 4. The molecule has 3 rings (SSSR count). The molecule has 150 valence electrons. The average molecular weight is 394 g/mol. The molecule has 0 unspecified atom stereocenters. The molecule has 0 radical (unpaired) electrons. The predicted octanol–water partition coefficient (Wildman–Crippen LogP) is 2.48. The van der Waals surface area contributed by atoms with Crippen molar-refractivity contribution in [3.8, 4) is 0 Å². The molecular formula is C21H22N4O4. The summed E-state index contributed by atoms with van der Waals surface area (Å²) < 4.78 is 5.05. The van der Waals surface area contributed by atoms with Crippen molar-refractivity contribution in [2.24, 2.45) is 0 Å². The largest absolute Gasteiger partial charge is 0.463 e. The molecule has 4 N–H and O–H groups in total. The molecule has 0 fully saturated rings. The minimum atomic E-state index is -0.484. The van der Waals surface area contributed by atoms with E-state index in [1.807, 2.05) is 12.1 Å². The van der Waals surface area contributed by atoms with Crippen LogP contribution < -0.4 is 21.3 Å². The number of carbonyl (C=O) groups is 3. The zero-order valence-corrected chi connectivity index (χ0v) is 16.0. The Morgan fingerprint density at radius 3 is 2.45 bits per heavy atom. The van der Waals surface area contributed by atoms with Gasteiger partial charge in [0.25, 0.3) is 5.91 Å². The van der Waals surface area contributed by atoms with Crippen molar-refractivity contribution >= 4 is 29.3 Å². The number of benzene rings is 2. The second-order valence-electron chi connectivity index (χ2n) is 6.20. The standard InChI is InChI=1S/C21H22N4O4/c1-2-29-20(27)15-12-23-21(28)25-18(15)13-22-16-10-6-7-11-17(16)24-19(26)14-8-4-3-5-9-14/h3-11,22H,2,12-13H2,1H3,(H,24,26)(H2,23,25,28). The Labute approximate surface area is 168 Å². The molecule has 0 bridgehead atoms. The van der Waals surface area contributed by atoms with Gasteiger partial charge in [0, 0.05) is 5.56 Å². The van der Waals surface area contributed by atoms with Crippen LogP contribution in [0.1, 0.15) is 17.3 Å². The normalized spacial score (nSPS) is 13.2. The number of ether oxygens (including phenoxy) is 1. The lowest BCUT2D eigenvalue weighted by Crippen LogP contribution is -2.45. The van der Waals surface area contributed by atoms with Crippen LogP contribution in [0, 0.1) is 0 Å². The van der Waals surface area contributed by atoms with Crippen molar-refractivity contribution < 1.29 is 19.1 Å². The molecule has 8 nitrogen and oxygen atoms in total. The van der Waals surface area contributed by atoms with Crippen molar-refractivity contribution in [2.45, 2.75) is 6.92 Å². The SMILES string of the molecule is CCOC(=O)C1=C(CNc2ccccc2NC(=O)c2ccccc2)NC(=O)NC1. The summed E-state index contributed by atoms with van der Waals surface area (Å²) in [7, 11) is 0. The molecule has 29 heavy (non-hydrogen) atoms. The van der Waals surface area contributed by atoms with Crippen molar-refractivity contribution in [3.05, 3.63) is 71.4 Å². The Balaban J connectivity index is 1.75. The maximum Gasteiger partial charge on any atom is 0.337 e. The molecule has 1 aliphatic rings. The molecule has 0 aromatic heterocycles. The molecule has 8 heteroatoms. The van der Waals surface area contributed by atoms with Gasteiger partial charge in [-0.15, -0.1) is 0 Å². The van der Waals surface area contributed by atoms with Crippen molar-refractivity contribution in [1.29, 1.82) is 0 Å². The Kier molecular flexibility index (Phi) is 6.47. The Morgan fingerprint density at radius 1 is 1.03 bits per heavy atom. The van der Waals surface area contributed by atoms with E-state index < -0.39 is 5.97 Å². The minimum Gasteiger partial charge on any atom is -0.463 e. The number of esters is 1.